The molecular weight excluding hydrogens is 877 g/mol. The summed E-state index contributed by atoms with van der Waals surface area (Å²) >= 11 is 0. The molecule has 0 bridgehead atoms. The fraction of sp³-hybridized carbons (Fsp3) is 0.708. The standard InChI is InChI=1S/C65H110O6/c1-4-7-10-13-16-19-22-25-28-31-32-35-37-40-43-46-49-52-55-58-64(67)70-61-62(71-65(68)59-56-53-50-47-44-41-38-34-30-27-24-21-18-15-12-9-6-3)60-69-63(66)57-54-51-48-45-42-39-36-33-29-26-23-20-17-14-11-8-5-2/h9,12,16,18-19,21,25-30,38,41,47,50,62H,4-8,10-11,13-15,17,20,22-24,31-37,39-40,42-46,48-49,51-61H2,1-3H3/b12-9+,19-16+,21-18+,28-25+,29-26+,30-27+,41-38+,50-47+/t62-/m1/s1. The van der Waals surface area contributed by atoms with E-state index in [9.17, 15) is 14.4 Å². The second-order valence-electron chi connectivity index (χ2n) is 19.5. The quantitative estimate of drug-likeness (QED) is 0.0261. The molecule has 0 aliphatic carbocycles. The first-order valence-corrected chi connectivity index (χ1v) is 29.7. The van der Waals surface area contributed by atoms with E-state index in [2.05, 4.69) is 118 Å². The van der Waals surface area contributed by atoms with Crippen molar-refractivity contribution in [3.8, 4) is 0 Å². The Balaban J connectivity index is 4.47. The van der Waals surface area contributed by atoms with Gasteiger partial charge in [-0.1, -0.05) is 240 Å². The highest BCUT2D eigenvalue weighted by Crippen LogP contribution is 2.15. The highest BCUT2D eigenvalue weighted by Gasteiger charge is 2.19. The summed E-state index contributed by atoms with van der Waals surface area (Å²) in [6.45, 7) is 6.46. The van der Waals surface area contributed by atoms with Gasteiger partial charge in [-0.15, -0.1) is 0 Å². The van der Waals surface area contributed by atoms with Crippen LogP contribution in [0.1, 0.15) is 278 Å². The smallest absolute Gasteiger partial charge is 0.306 e. The Morgan fingerprint density at radius 3 is 0.944 bits per heavy atom. The van der Waals surface area contributed by atoms with Gasteiger partial charge in [0.15, 0.2) is 6.10 Å². The molecule has 0 unspecified atom stereocenters. The Hall–Kier alpha value is -3.67. The lowest BCUT2D eigenvalue weighted by Crippen LogP contribution is -2.30. The van der Waals surface area contributed by atoms with E-state index in [1.165, 1.54) is 148 Å². The number of rotatable bonds is 53. The van der Waals surface area contributed by atoms with Gasteiger partial charge in [0.05, 0.1) is 0 Å². The zero-order valence-corrected chi connectivity index (χ0v) is 46.5. The maximum atomic E-state index is 12.8. The third-order valence-electron chi connectivity index (χ3n) is 12.5. The van der Waals surface area contributed by atoms with Gasteiger partial charge in [-0.25, -0.2) is 0 Å². The number of esters is 3. The van der Waals surface area contributed by atoms with Crippen LogP contribution < -0.4 is 0 Å². The number of ether oxygens (including phenoxy) is 3. The summed E-state index contributed by atoms with van der Waals surface area (Å²) in [4.78, 5) is 38.2. The van der Waals surface area contributed by atoms with Crippen LogP contribution >= 0.6 is 0 Å². The molecule has 0 aromatic rings. The Morgan fingerprint density at radius 2 is 0.563 bits per heavy atom. The molecule has 6 nitrogen and oxygen atoms in total. The van der Waals surface area contributed by atoms with Crippen molar-refractivity contribution in [2.45, 2.75) is 284 Å². The SMILES string of the molecule is CC/C=C/C/C=C/C/C=C/C/C=C/C/C=C/CCCC(=O)O[C@H](COC(=O)CCCCCCCCC/C=C/CCCCCCCC)COC(=O)CCCCCCCCCCC/C=C/C/C=C/CCCCC. The summed E-state index contributed by atoms with van der Waals surface area (Å²) in [5.74, 6) is -0.965. The van der Waals surface area contributed by atoms with E-state index in [1.54, 1.807) is 0 Å². The van der Waals surface area contributed by atoms with E-state index in [1.807, 2.05) is 0 Å². The Kier molecular flexibility index (Phi) is 55.9. The summed E-state index contributed by atoms with van der Waals surface area (Å²) in [5, 5.41) is 0. The van der Waals surface area contributed by atoms with Gasteiger partial charge in [0.2, 0.25) is 0 Å². The zero-order valence-electron chi connectivity index (χ0n) is 46.5. The van der Waals surface area contributed by atoms with Crippen molar-refractivity contribution in [3.05, 3.63) is 97.2 Å². The minimum atomic E-state index is -0.812. The summed E-state index contributed by atoms with van der Waals surface area (Å²) in [6.07, 6.45) is 78.3. The van der Waals surface area contributed by atoms with Crippen molar-refractivity contribution >= 4 is 17.9 Å². The number of hydrogen-bond acceptors (Lipinski definition) is 6. The van der Waals surface area contributed by atoms with Crippen LogP contribution in [0.4, 0.5) is 0 Å². The highest BCUT2D eigenvalue weighted by molar-refractivity contribution is 5.71. The lowest BCUT2D eigenvalue weighted by molar-refractivity contribution is -0.167. The van der Waals surface area contributed by atoms with Crippen LogP contribution in [0.5, 0.6) is 0 Å². The van der Waals surface area contributed by atoms with Crippen molar-refractivity contribution in [1.29, 1.82) is 0 Å². The molecule has 71 heavy (non-hydrogen) atoms. The lowest BCUT2D eigenvalue weighted by atomic mass is 10.1. The summed E-state index contributed by atoms with van der Waals surface area (Å²) in [7, 11) is 0. The largest absolute Gasteiger partial charge is 0.462 e. The number of hydrogen-bond donors (Lipinski definition) is 0. The van der Waals surface area contributed by atoms with Crippen molar-refractivity contribution in [1.82, 2.24) is 0 Å². The maximum absolute atomic E-state index is 12.8. The topological polar surface area (TPSA) is 78.9 Å². The number of unbranched alkanes of at least 4 members (excludes halogenated alkanes) is 26. The van der Waals surface area contributed by atoms with Crippen LogP contribution in [-0.4, -0.2) is 37.2 Å². The van der Waals surface area contributed by atoms with Crippen LogP contribution in [0.2, 0.25) is 0 Å². The molecule has 0 fully saturated rings. The fourth-order valence-corrected chi connectivity index (χ4v) is 8.09. The molecule has 0 amide bonds. The molecule has 0 heterocycles. The monoisotopic (exact) mass is 987 g/mol. The molecule has 0 saturated carbocycles. The fourth-order valence-electron chi connectivity index (χ4n) is 8.09. The van der Waals surface area contributed by atoms with Crippen molar-refractivity contribution in [2.24, 2.45) is 0 Å². The molecule has 0 spiro atoms. The Labute approximate surface area is 438 Å². The second-order valence-corrected chi connectivity index (χ2v) is 19.5. The molecule has 406 valence electrons. The number of carbonyl (C=O) groups excluding carboxylic acids is 3. The van der Waals surface area contributed by atoms with Crippen LogP contribution in [-0.2, 0) is 28.6 Å². The van der Waals surface area contributed by atoms with Crippen LogP contribution in [0.15, 0.2) is 97.2 Å². The molecule has 1 atom stereocenters. The molecule has 0 rings (SSSR count). The van der Waals surface area contributed by atoms with Crippen LogP contribution in [0.25, 0.3) is 0 Å². The minimum Gasteiger partial charge on any atom is -0.462 e. The van der Waals surface area contributed by atoms with E-state index >= 15 is 0 Å². The van der Waals surface area contributed by atoms with E-state index in [0.29, 0.717) is 19.3 Å². The van der Waals surface area contributed by atoms with Gasteiger partial charge in [-0.05, 0) is 116 Å². The van der Waals surface area contributed by atoms with E-state index < -0.39 is 6.10 Å². The van der Waals surface area contributed by atoms with Gasteiger partial charge in [-0.2, -0.15) is 0 Å². The van der Waals surface area contributed by atoms with Gasteiger partial charge in [-0.3, -0.25) is 14.4 Å². The molecular formula is C65H110O6. The van der Waals surface area contributed by atoms with Gasteiger partial charge in [0.25, 0.3) is 0 Å². The molecule has 0 saturated heterocycles. The predicted molar refractivity (Wildman–Crippen MR) is 307 cm³/mol. The van der Waals surface area contributed by atoms with Gasteiger partial charge < -0.3 is 14.2 Å². The van der Waals surface area contributed by atoms with Crippen LogP contribution in [0.3, 0.4) is 0 Å². The first-order chi connectivity index (χ1) is 35.0. The zero-order chi connectivity index (χ0) is 51.4. The normalized spacial score (nSPS) is 12.8. The van der Waals surface area contributed by atoms with Crippen LogP contribution in [0, 0.1) is 0 Å². The molecule has 0 aliphatic heterocycles. The van der Waals surface area contributed by atoms with Crippen molar-refractivity contribution in [3.63, 3.8) is 0 Å². The molecule has 6 heteroatoms. The molecule has 0 aromatic carbocycles. The number of carbonyl (C=O) groups is 3. The van der Waals surface area contributed by atoms with Gasteiger partial charge >= 0.3 is 17.9 Å². The van der Waals surface area contributed by atoms with E-state index in [0.717, 1.165) is 83.5 Å². The lowest BCUT2D eigenvalue weighted by Gasteiger charge is -2.18. The minimum absolute atomic E-state index is 0.104. The first kappa shape index (κ1) is 67.3. The molecule has 0 radical (unpaired) electrons. The van der Waals surface area contributed by atoms with Crippen molar-refractivity contribution in [2.75, 3.05) is 13.2 Å². The molecule has 0 aliphatic rings. The average molecular weight is 988 g/mol. The van der Waals surface area contributed by atoms with Crippen molar-refractivity contribution < 1.29 is 28.6 Å². The summed E-state index contributed by atoms with van der Waals surface area (Å²) < 4.78 is 16.8. The molecule has 0 N–H and O–H groups in total. The number of allylic oxidation sites excluding steroid dienone is 16. The summed E-state index contributed by atoms with van der Waals surface area (Å²) in [6, 6.07) is 0. The first-order valence-electron chi connectivity index (χ1n) is 29.7. The Bertz CT molecular complexity index is 1410. The average Bonchev–Trinajstić information content (AvgIpc) is 3.37. The molecule has 0 aromatic heterocycles. The van der Waals surface area contributed by atoms with E-state index in [-0.39, 0.29) is 37.5 Å². The second kappa shape index (κ2) is 58.9. The summed E-state index contributed by atoms with van der Waals surface area (Å²) in [5.41, 5.74) is 0. The predicted octanol–water partition coefficient (Wildman–Crippen LogP) is 20.1. The Morgan fingerprint density at radius 1 is 0.296 bits per heavy atom. The third-order valence-corrected chi connectivity index (χ3v) is 12.5. The highest BCUT2D eigenvalue weighted by atomic mass is 16.6. The third kappa shape index (κ3) is 57.1. The van der Waals surface area contributed by atoms with Gasteiger partial charge in [0, 0.05) is 19.3 Å². The maximum Gasteiger partial charge on any atom is 0.306 e. The van der Waals surface area contributed by atoms with Gasteiger partial charge in [0.1, 0.15) is 13.2 Å². The van der Waals surface area contributed by atoms with E-state index in [4.69, 9.17) is 14.2 Å².